The van der Waals surface area contributed by atoms with Gasteiger partial charge in [-0.1, -0.05) is 0 Å². The molecule has 0 amide bonds. The Kier molecular flexibility index (Phi) is 2.58. The first-order valence-corrected chi connectivity index (χ1v) is 2.63. The minimum Gasteiger partial charge on any atom is -0.463 e. The minimum atomic E-state index is -2.35. The zero-order chi connectivity index (χ0) is 7.49. The van der Waals surface area contributed by atoms with Crippen molar-refractivity contribution in [1.29, 1.82) is 0 Å². The van der Waals surface area contributed by atoms with Crippen molar-refractivity contribution in [3.8, 4) is 0 Å². The average molecular weight is 135 g/mol. The monoisotopic (exact) mass is 135 g/mol. The third-order valence-corrected chi connectivity index (χ3v) is 0.675. The predicted octanol–water partition coefficient (Wildman–Crippen LogP) is 0.194. The second-order valence-corrected chi connectivity index (χ2v) is 1.80. The van der Waals surface area contributed by atoms with Gasteiger partial charge in [0.2, 0.25) is 0 Å². The first-order valence-electron chi connectivity index (χ1n) is 2.63. The van der Waals surface area contributed by atoms with Gasteiger partial charge in [0.05, 0.1) is 6.61 Å². The molecule has 0 rings (SSSR count). The van der Waals surface area contributed by atoms with E-state index in [1.807, 2.05) is 0 Å². The highest BCUT2D eigenvalue weighted by molar-refractivity contribution is 5.77. The third-order valence-electron chi connectivity index (χ3n) is 0.675. The number of nitrogens with two attached hydrogens (primary N) is 1. The Balaban J connectivity index is 3.74. The fraction of sp³-hybridized carbons (Fsp3) is 0.800. The van der Waals surface area contributed by atoms with Crippen LogP contribution in [0.15, 0.2) is 0 Å². The molecule has 0 heterocycles. The Morgan fingerprint density at radius 3 is 2.44 bits per heavy atom. The van der Waals surface area contributed by atoms with Crippen LogP contribution in [-0.2, 0) is 9.53 Å². The lowest BCUT2D eigenvalue weighted by atomic mass is 10.3. The Morgan fingerprint density at radius 2 is 2.33 bits per heavy atom. The summed E-state index contributed by atoms with van der Waals surface area (Å²) in [5.41, 5.74) is 4.72. The summed E-state index contributed by atoms with van der Waals surface area (Å²) < 4.78 is 16.5. The molecule has 9 heavy (non-hydrogen) atoms. The zero-order valence-electron chi connectivity index (χ0n) is 5.48. The van der Waals surface area contributed by atoms with Crippen LogP contribution in [0.5, 0.6) is 0 Å². The molecule has 3 nitrogen and oxygen atoms in total. The van der Waals surface area contributed by atoms with Crippen LogP contribution in [-0.4, -0.2) is 18.4 Å². The van der Waals surface area contributed by atoms with Crippen LogP contribution in [0.25, 0.3) is 0 Å². The van der Waals surface area contributed by atoms with Gasteiger partial charge in [0, 0.05) is 0 Å². The van der Waals surface area contributed by atoms with E-state index >= 15 is 0 Å². The Morgan fingerprint density at radius 1 is 1.89 bits per heavy atom. The highest BCUT2D eigenvalue weighted by Gasteiger charge is 2.28. The largest absolute Gasteiger partial charge is 0.463 e. The molecule has 0 aromatic carbocycles. The summed E-state index contributed by atoms with van der Waals surface area (Å²) in [6, 6.07) is 0. The fourth-order valence-corrected chi connectivity index (χ4v) is 0.272. The van der Waals surface area contributed by atoms with Crippen molar-refractivity contribution in [1.82, 2.24) is 0 Å². The second kappa shape index (κ2) is 2.77. The van der Waals surface area contributed by atoms with E-state index < -0.39 is 11.8 Å². The number of ether oxygens (including phenoxy) is 1. The summed E-state index contributed by atoms with van der Waals surface area (Å²) in [5.74, 6) is -3.37. The predicted molar refractivity (Wildman–Crippen MR) is 30.3 cm³/mol. The summed E-state index contributed by atoms with van der Waals surface area (Å²) in [4.78, 5) is 10.3. The quantitative estimate of drug-likeness (QED) is 0.434. The maximum absolute atomic E-state index is 12.3. The molecule has 0 aliphatic carbocycles. The number of carbonyl (C=O) groups excluding carboxylic acids is 1. The van der Waals surface area contributed by atoms with Crippen molar-refractivity contribution in [3.05, 3.63) is 0 Å². The number of carbonyl (C=O) groups is 1. The van der Waals surface area contributed by atoms with Crippen LogP contribution >= 0.6 is 0 Å². The van der Waals surface area contributed by atoms with Crippen LogP contribution in [0.1, 0.15) is 13.8 Å². The van der Waals surface area contributed by atoms with Crippen molar-refractivity contribution >= 4 is 5.97 Å². The summed E-state index contributed by atoms with van der Waals surface area (Å²) >= 11 is 0. The third kappa shape index (κ3) is 3.03. The highest BCUT2D eigenvalue weighted by atomic mass is 19.1. The zero-order valence-corrected chi connectivity index (χ0v) is 5.48. The van der Waals surface area contributed by atoms with E-state index in [2.05, 4.69) is 4.74 Å². The van der Waals surface area contributed by atoms with Crippen LogP contribution in [0.2, 0.25) is 0 Å². The lowest BCUT2D eigenvalue weighted by Gasteiger charge is -2.10. The van der Waals surface area contributed by atoms with Crippen LogP contribution in [0, 0.1) is 0 Å². The molecule has 0 aromatic heterocycles. The Labute approximate surface area is 53.0 Å². The number of alkyl halides is 1. The van der Waals surface area contributed by atoms with E-state index in [0.717, 1.165) is 6.92 Å². The van der Waals surface area contributed by atoms with E-state index in [4.69, 9.17) is 5.73 Å². The van der Waals surface area contributed by atoms with E-state index in [0.29, 0.717) is 0 Å². The molecule has 4 heteroatoms. The van der Waals surface area contributed by atoms with Gasteiger partial charge < -0.3 is 4.74 Å². The lowest BCUT2D eigenvalue weighted by Crippen LogP contribution is -2.41. The summed E-state index contributed by atoms with van der Waals surface area (Å²) in [7, 11) is 0. The van der Waals surface area contributed by atoms with Gasteiger partial charge in [-0.3, -0.25) is 5.73 Å². The molecule has 0 aromatic rings. The lowest BCUT2D eigenvalue weighted by molar-refractivity contribution is -0.155. The van der Waals surface area contributed by atoms with Gasteiger partial charge in [-0.15, -0.1) is 0 Å². The van der Waals surface area contributed by atoms with Crippen molar-refractivity contribution in [2.45, 2.75) is 19.6 Å². The first kappa shape index (κ1) is 8.36. The van der Waals surface area contributed by atoms with Gasteiger partial charge in [0.1, 0.15) is 0 Å². The van der Waals surface area contributed by atoms with Crippen molar-refractivity contribution in [2.75, 3.05) is 6.61 Å². The molecule has 0 bridgehead atoms. The molecule has 0 radical (unpaired) electrons. The van der Waals surface area contributed by atoms with Gasteiger partial charge in [-0.25, -0.2) is 9.18 Å². The molecule has 2 N–H and O–H groups in total. The molecule has 1 atom stereocenters. The average Bonchev–Trinajstić information content (AvgIpc) is 1.64. The van der Waals surface area contributed by atoms with E-state index in [1.54, 1.807) is 6.92 Å². The Bertz CT molecular complexity index is 108. The molecule has 0 aliphatic rings. The van der Waals surface area contributed by atoms with Gasteiger partial charge in [0.25, 0.3) is 5.79 Å². The number of hydrogen-bond donors (Lipinski definition) is 1. The van der Waals surface area contributed by atoms with Gasteiger partial charge in [-0.05, 0) is 13.8 Å². The van der Waals surface area contributed by atoms with Gasteiger partial charge in [-0.2, -0.15) is 0 Å². The molecular weight excluding hydrogens is 125 g/mol. The second-order valence-electron chi connectivity index (χ2n) is 1.80. The van der Waals surface area contributed by atoms with Crippen LogP contribution < -0.4 is 5.73 Å². The minimum absolute atomic E-state index is 0.148. The molecule has 0 saturated carbocycles. The molecule has 0 unspecified atom stereocenters. The smallest absolute Gasteiger partial charge is 0.358 e. The SMILES string of the molecule is CCOC(=O)[C@](C)(N)F. The van der Waals surface area contributed by atoms with Crippen molar-refractivity contribution < 1.29 is 13.9 Å². The van der Waals surface area contributed by atoms with E-state index in [9.17, 15) is 9.18 Å². The summed E-state index contributed by atoms with van der Waals surface area (Å²) in [6.07, 6.45) is 0. The van der Waals surface area contributed by atoms with Crippen LogP contribution in [0.4, 0.5) is 4.39 Å². The molecular formula is C5H10FNO2. The molecule has 0 saturated heterocycles. The standard InChI is InChI=1S/C5H10FNO2/c1-3-9-4(8)5(2,6)7/h3,7H2,1-2H3/t5-/m0/s1. The van der Waals surface area contributed by atoms with Crippen molar-refractivity contribution in [3.63, 3.8) is 0 Å². The maximum Gasteiger partial charge on any atom is 0.358 e. The van der Waals surface area contributed by atoms with Gasteiger partial charge >= 0.3 is 5.97 Å². The summed E-state index contributed by atoms with van der Waals surface area (Å²) in [6.45, 7) is 2.68. The normalized spacial score (nSPS) is 16.4. The maximum atomic E-state index is 12.3. The number of esters is 1. The van der Waals surface area contributed by atoms with E-state index in [-0.39, 0.29) is 6.61 Å². The molecule has 54 valence electrons. The van der Waals surface area contributed by atoms with E-state index in [1.165, 1.54) is 0 Å². The fourth-order valence-electron chi connectivity index (χ4n) is 0.272. The highest BCUT2D eigenvalue weighted by Crippen LogP contribution is 2.02. The number of rotatable bonds is 2. The number of halogens is 1. The van der Waals surface area contributed by atoms with Crippen LogP contribution in [0.3, 0.4) is 0 Å². The van der Waals surface area contributed by atoms with Crippen molar-refractivity contribution in [2.24, 2.45) is 5.73 Å². The Hall–Kier alpha value is -0.640. The van der Waals surface area contributed by atoms with Gasteiger partial charge in [0.15, 0.2) is 0 Å². The summed E-state index contributed by atoms with van der Waals surface area (Å²) in [5, 5.41) is 0. The molecule has 0 aliphatic heterocycles. The molecule has 0 fully saturated rings. The molecule has 0 spiro atoms. The number of hydrogen-bond acceptors (Lipinski definition) is 3. The first-order chi connectivity index (χ1) is 3.98. The topological polar surface area (TPSA) is 52.3 Å².